The largest absolute Gasteiger partial charge is 0.292 e. The topological polar surface area (TPSA) is 35.1 Å². The molecule has 0 aliphatic rings. The van der Waals surface area contributed by atoms with Gasteiger partial charge in [0.15, 0.2) is 0 Å². The summed E-state index contributed by atoms with van der Waals surface area (Å²) in [6.07, 6.45) is 0. The van der Waals surface area contributed by atoms with Gasteiger partial charge in [0.2, 0.25) is 0 Å². The minimum atomic E-state index is 0.939. The van der Waals surface area contributed by atoms with Crippen LogP contribution in [-0.2, 0) is 0 Å². The van der Waals surface area contributed by atoms with E-state index in [1.165, 1.54) is 16.3 Å². The smallest absolute Gasteiger partial charge is 0.145 e. The van der Waals surface area contributed by atoms with E-state index in [2.05, 4.69) is 112 Å². The third-order valence-electron chi connectivity index (χ3n) is 7.08. The molecule has 0 aliphatic carbocycles. The number of rotatable bonds is 3. The predicted molar refractivity (Wildman–Crippen MR) is 147 cm³/mol. The second-order valence-electron chi connectivity index (χ2n) is 9.14. The summed E-state index contributed by atoms with van der Waals surface area (Å²) in [5.74, 6) is 0.939. The number of aromatic nitrogens is 4. The van der Waals surface area contributed by atoms with Crippen molar-refractivity contribution >= 4 is 38.5 Å². The molecule has 0 amide bonds. The monoisotopic (exact) mass is 460 g/mol. The third kappa shape index (κ3) is 2.64. The first kappa shape index (κ1) is 19.4. The quantitative estimate of drug-likeness (QED) is 0.270. The molecule has 0 saturated heterocycles. The molecular weight excluding hydrogens is 440 g/mol. The first-order valence-corrected chi connectivity index (χ1v) is 12.1. The summed E-state index contributed by atoms with van der Waals surface area (Å²) in [5, 5.41) is 2.42. The number of nitrogens with zero attached hydrogens (tertiary/aromatic N) is 4. The molecule has 168 valence electrons. The van der Waals surface area contributed by atoms with Crippen molar-refractivity contribution in [2.75, 3.05) is 0 Å². The molecule has 0 unspecified atom stereocenters. The van der Waals surface area contributed by atoms with Crippen LogP contribution in [0.4, 0.5) is 0 Å². The lowest BCUT2D eigenvalue weighted by Crippen LogP contribution is -1.97. The van der Waals surface area contributed by atoms with Crippen molar-refractivity contribution < 1.29 is 0 Å². The van der Waals surface area contributed by atoms with Gasteiger partial charge in [0.1, 0.15) is 11.5 Å². The van der Waals surface area contributed by atoms with Crippen molar-refractivity contribution in [3.05, 3.63) is 121 Å². The van der Waals surface area contributed by atoms with Gasteiger partial charge in [-0.3, -0.25) is 8.97 Å². The fraction of sp³-hybridized carbons (Fsp3) is 0. The fourth-order valence-electron chi connectivity index (χ4n) is 5.51. The summed E-state index contributed by atoms with van der Waals surface area (Å²) in [4.78, 5) is 10.1. The van der Waals surface area contributed by atoms with Gasteiger partial charge in [-0.1, -0.05) is 84.9 Å². The summed E-state index contributed by atoms with van der Waals surface area (Å²) in [5.41, 5.74) is 9.68. The number of para-hydroxylation sites is 2. The van der Waals surface area contributed by atoms with Gasteiger partial charge in [0.05, 0.1) is 27.8 Å². The van der Waals surface area contributed by atoms with Crippen LogP contribution in [0.3, 0.4) is 0 Å². The molecule has 0 radical (unpaired) electrons. The Balaban J connectivity index is 1.48. The molecule has 0 saturated carbocycles. The molecule has 0 fully saturated rings. The van der Waals surface area contributed by atoms with E-state index in [9.17, 15) is 0 Å². The summed E-state index contributed by atoms with van der Waals surface area (Å²) in [6.45, 7) is 0. The van der Waals surface area contributed by atoms with Gasteiger partial charge in [-0.15, -0.1) is 0 Å². The van der Waals surface area contributed by atoms with Crippen molar-refractivity contribution in [2.45, 2.75) is 0 Å². The predicted octanol–water partition coefficient (Wildman–Crippen LogP) is 7.75. The Labute approximate surface area is 207 Å². The number of benzene rings is 4. The van der Waals surface area contributed by atoms with Crippen LogP contribution in [-0.4, -0.2) is 18.9 Å². The van der Waals surface area contributed by atoms with Crippen LogP contribution in [0, 0.1) is 0 Å². The normalized spacial score (nSPS) is 11.9. The van der Waals surface area contributed by atoms with Crippen LogP contribution in [0.25, 0.3) is 66.8 Å². The summed E-state index contributed by atoms with van der Waals surface area (Å²) in [6, 6.07) is 42.3. The van der Waals surface area contributed by atoms with E-state index in [0.29, 0.717) is 0 Å². The average molecular weight is 461 g/mol. The molecule has 0 aliphatic heterocycles. The highest BCUT2D eigenvalue weighted by atomic mass is 15.1. The summed E-state index contributed by atoms with van der Waals surface area (Å²) in [7, 11) is 0. The molecule has 4 heterocycles. The second kappa shape index (κ2) is 7.27. The first-order valence-electron chi connectivity index (χ1n) is 12.1. The standard InChI is InChI=1S/C32H20N4/c1-3-10-21(11-4-1)30-31-25-20-23(18-19-24(25)27-16-9-17-29(34-30)36(27)31)35-28-15-8-7-14-26(28)33-32(35)22-12-5-2-6-13-22/h1-20H. The minimum absolute atomic E-state index is 0.939. The number of pyridine rings is 1. The van der Waals surface area contributed by atoms with Gasteiger partial charge in [-0.2, -0.15) is 0 Å². The number of fused-ring (bicyclic) bond motifs is 4. The van der Waals surface area contributed by atoms with Crippen LogP contribution >= 0.6 is 0 Å². The van der Waals surface area contributed by atoms with E-state index in [1.807, 2.05) is 18.2 Å². The molecule has 0 spiro atoms. The number of imidazole rings is 2. The van der Waals surface area contributed by atoms with Gasteiger partial charge in [0, 0.05) is 27.6 Å². The molecule has 8 rings (SSSR count). The Bertz CT molecular complexity index is 2030. The Morgan fingerprint density at radius 2 is 1.25 bits per heavy atom. The van der Waals surface area contributed by atoms with Crippen molar-refractivity contribution in [2.24, 2.45) is 0 Å². The highest BCUT2D eigenvalue weighted by Gasteiger charge is 2.20. The van der Waals surface area contributed by atoms with Gasteiger partial charge in [-0.25, -0.2) is 9.97 Å². The van der Waals surface area contributed by atoms with Crippen LogP contribution < -0.4 is 0 Å². The highest BCUT2D eigenvalue weighted by molar-refractivity contribution is 6.14. The van der Waals surface area contributed by atoms with Gasteiger partial charge in [-0.05, 0) is 36.4 Å². The maximum absolute atomic E-state index is 5.04. The lowest BCUT2D eigenvalue weighted by atomic mass is 10.1. The minimum Gasteiger partial charge on any atom is -0.292 e. The van der Waals surface area contributed by atoms with E-state index in [0.717, 1.165) is 50.5 Å². The molecule has 8 aromatic rings. The Morgan fingerprint density at radius 3 is 2.08 bits per heavy atom. The van der Waals surface area contributed by atoms with E-state index >= 15 is 0 Å². The molecule has 36 heavy (non-hydrogen) atoms. The summed E-state index contributed by atoms with van der Waals surface area (Å²) < 4.78 is 4.56. The summed E-state index contributed by atoms with van der Waals surface area (Å²) >= 11 is 0. The second-order valence-corrected chi connectivity index (χ2v) is 9.14. The zero-order chi connectivity index (χ0) is 23.6. The lowest BCUT2D eigenvalue weighted by Gasteiger charge is -2.10. The van der Waals surface area contributed by atoms with E-state index < -0.39 is 0 Å². The zero-order valence-electron chi connectivity index (χ0n) is 19.3. The highest BCUT2D eigenvalue weighted by Crippen LogP contribution is 2.39. The molecule has 4 aromatic carbocycles. The molecule has 4 nitrogen and oxygen atoms in total. The Morgan fingerprint density at radius 1 is 0.528 bits per heavy atom. The Kier molecular flexibility index (Phi) is 3.91. The third-order valence-corrected chi connectivity index (χ3v) is 7.08. The SMILES string of the molecule is c1ccc(-c2nc3cccc4c5ccc(-n6c(-c7ccccc7)nc7ccccc76)cc5c2n34)cc1. The van der Waals surface area contributed by atoms with Gasteiger partial charge in [0.25, 0.3) is 0 Å². The van der Waals surface area contributed by atoms with Crippen LogP contribution in [0.5, 0.6) is 0 Å². The average Bonchev–Trinajstić information content (AvgIpc) is 3.62. The number of hydrogen-bond donors (Lipinski definition) is 0. The zero-order valence-corrected chi connectivity index (χ0v) is 19.3. The van der Waals surface area contributed by atoms with E-state index in [-0.39, 0.29) is 0 Å². The fourth-order valence-corrected chi connectivity index (χ4v) is 5.51. The van der Waals surface area contributed by atoms with Crippen LogP contribution in [0.15, 0.2) is 121 Å². The molecule has 0 bridgehead atoms. The lowest BCUT2D eigenvalue weighted by molar-refractivity contribution is 1.11. The van der Waals surface area contributed by atoms with Gasteiger partial charge < -0.3 is 0 Å². The van der Waals surface area contributed by atoms with E-state index in [1.54, 1.807) is 0 Å². The number of hydrogen-bond acceptors (Lipinski definition) is 2. The van der Waals surface area contributed by atoms with Gasteiger partial charge >= 0.3 is 0 Å². The Hall–Kier alpha value is -4.96. The first-order chi connectivity index (χ1) is 17.9. The molecule has 4 aromatic heterocycles. The van der Waals surface area contributed by atoms with Crippen molar-refractivity contribution in [3.8, 4) is 28.3 Å². The molecular formula is C32H20N4. The molecule has 4 heteroatoms. The van der Waals surface area contributed by atoms with Crippen molar-refractivity contribution in [1.82, 2.24) is 18.9 Å². The van der Waals surface area contributed by atoms with E-state index in [4.69, 9.17) is 9.97 Å². The van der Waals surface area contributed by atoms with Crippen LogP contribution in [0.2, 0.25) is 0 Å². The maximum atomic E-state index is 5.04. The maximum Gasteiger partial charge on any atom is 0.145 e. The van der Waals surface area contributed by atoms with Crippen LogP contribution in [0.1, 0.15) is 0 Å². The molecule has 0 N–H and O–H groups in total. The molecule has 0 atom stereocenters. The van der Waals surface area contributed by atoms with Crippen molar-refractivity contribution in [1.29, 1.82) is 0 Å². The van der Waals surface area contributed by atoms with Crippen molar-refractivity contribution in [3.63, 3.8) is 0 Å².